The number of hydrogen-bond donors (Lipinski definition) is 2. The summed E-state index contributed by atoms with van der Waals surface area (Å²) >= 11 is 0. The van der Waals surface area contributed by atoms with Crippen LogP contribution in [0.1, 0.15) is 56.4 Å². The minimum atomic E-state index is -1.35. The highest BCUT2D eigenvalue weighted by atomic mass is 19.1. The zero-order valence-electron chi connectivity index (χ0n) is 19.1. The van der Waals surface area contributed by atoms with E-state index < -0.39 is 34.5 Å². The highest BCUT2D eigenvalue weighted by molar-refractivity contribution is 5.97. The van der Waals surface area contributed by atoms with E-state index in [2.05, 4.69) is 5.32 Å². The standard InChI is InChI=1S/C23H28FN3O6/c1-23(2,3)33-22(31)25-12-7-8-26(10-12)18-16(24)9-14-17(20(18)32-4)27(13-5-6-13)11-15(19(14)28)21(29)30/h9,11-13H,5-8,10H2,1-4H3,(H,25,31)(H,29,30). The number of aromatic nitrogens is 1. The molecule has 0 spiro atoms. The predicted molar refractivity (Wildman–Crippen MR) is 120 cm³/mol. The average Bonchev–Trinajstić information content (AvgIpc) is 3.45. The van der Waals surface area contributed by atoms with Gasteiger partial charge in [0.2, 0.25) is 5.43 Å². The summed E-state index contributed by atoms with van der Waals surface area (Å²) in [5.41, 5.74) is -1.20. The normalized spacial score (nSPS) is 18.5. The fraction of sp³-hybridized carbons (Fsp3) is 0.522. The van der Waals surface area contributed by atoms with Crippen molar-refractivity contribution in [1.29, 1.82) is 0 Å². The van der Waals surface area contributed by atoms with Crippen molar-refractivity contribution >= 4 is 28.7 Å². The second kappa shape index (κ2) is 8.24. The molecule has 1 atom stereocenters. The van der Waals surface area contributed by atoms with Gasteiger partial charge in [-0.25, -0.2) is 14.0 Å². The van der Waals surface area contributed by atoms with Gasteiger partial charge >= 0.3 is 12.1 Å². The van der Waals surface area contributed by atoms with Crippen molar-refractivity contribution in [3.63, 3.8) is 0 Å². The first-order valence-corrected chi connectivity index (χ1v) is 10.9. The molecule has 1 aromatic carbocycles. The molecule has 1 aromatic heterocycles. The Bertz CT molecular complexity index is 1180. The molecule has 1 saturated carbocycles. The number of benzene rings is 1. The lowest BCUT2D eigenvalue weighted by atomic mass is 10.1. The van der Waals surface area contributed by atoms with Crippen LogP contribution < -0.4 is 20.4 Å². The number of alkyl carbamates (subject to hydrolysis) is 1. The number of nitrogens with zero attached hydrogens (tertiary/aromatic N) is 2. The van der Waals surface area contributed by atoms with E-state index in [-0.39, 0.29) is 28.9 Å². The van der Waals surface area contributed by atoms with Gasteiger partial charge in [-0.1, -0.05) is 0 Å². The molecular formula is C23H28FN3O6. The van der Waals surface area contributed by atoms with Gasteiger partial charge in [-0.15, -0.1) is 0 Å². The lowest BCUT2D eigenvalue weighted by molar-refractivity contribution is 0.0508. The summed E-state index contributed by atoms with van der Waals surface area (Å²) in [6.07, 6.45) is 3.03. The van der Waals surface area contributed by atoms with Crippen LogP contribution in [-0.4, -0.2) is 53.6 Å². The molecule has 0 radical (unpaired) electrons. The third-order valence-electron chi connectivity index (χ3n) is 5.80. The molecular weight excluding hydrogens is 433 g/mol. The molecule has 1 aliphatic heterocycles. The van der Waals surface area contributed by atoms with Crippen molar-refractivity contribution in [3.8, 4) is 5.75 Å². The number of hydrogen-bond acceptors (Lipinski definition) is 6. The molecule has 178 valence electrons. The molecule has 2 fully saturated rings. The number of anilines is 1. The number of carbonyl (C=O) groups excluding carboxylic acids is 1. The summed E-state index contributed by atoms with van der Waals surface area (Å²) in [7, 11) is 1.40. The van der Waals surface area contributed by atoms with Crippen molar-refractivity contribution in [3.05, 3.63) is 33.9 Å². The summed E-state index contributed by atoms with van der Waals surface area (Å²) in [5.74, 6) is -1.85. The summed E-state index contributed by atoms with van der Waals surface area (Å²) in [6, 6.07) is 0.869. The van der Waals surface area contributed by atoms with E-state index in [1.165, 1.54) is 13.3 Å². The number of methoxy groups -OCH3 is 1. The largest absolute Gasteiger partial charge is 0.492 e. The summed E-state index contributed by atoms with van der Waals surface area (Å²) in [4.78, 5) is 38.3. The molecule has 33 heavy (non-hydrogen) atoms. The molecule has 2 aromatic rings. The fourth-order valence-corrected chi connectivity index (χ4v) is 4.28. The average molecular weight is 461 g/mol. The fourth-order valence-electron chi connectivity index (χ4n) is 4.28. The van der Waals surface area contributed by atoms with Gasteiger partial charge in [-0.2, -0.15) is 0 Å². The van der Waals surface area contributed by atoms with E-state index >= 15 is 4.39 Å². The molecule has 4 rings (SSSR count). The van der Waals surface area contributed by atoms with Gasteiger partial charge in [-0.05, 0) is 46.1 Å². The number of rotatable bonds is 5. The van der Waals surface area contributed by atoms with Gasteiger partial charge in [0.25, 0.3) is 0 Å². The van der Waals surface area contributed by atoms with E-state index in [1.54, 1.807) is 30.2 Å². The van der Waals surface area contributed by atoms with E-state index in [0.29, 0.717) is 25.0 Å². The number of carboxylic acid groups (broad SMARTS) is 1. The maximum atomic E-state index is 15.4. The Kier molecular flexibility index (Phi) is 5.71. The van der Waals surface area contributed by atoms with Crippen LogP contribution in [0.3, 0.4) is 0 Å². The number of halogens is 1. The molecule has 1 unspecified atom stereocenters. The number of aromatic carboxylic acids is 1. The Balaban J connectivity index is 1.74. The number of nitrogens with one attached hydrogen (secondary N) is 1. The number of amides is 1. The molecule has 10 heteroatoms. The Labute approximate surface area is 190 Å². The Morgan fingerprint density at radius 1 is 1.24 bits per heavy atom. The molecule has 1 amide bonds. The maximum Gasteiger partial charge on any atom is 0.407 e. The molecule has 9 nitrogen and oxygen atoms in total. The van der Waals surface area contributed by atoms with E-state index in [4.69, 9.17) is 9.47 Å². The quantitative estimate of drug-likeness (QED) is 0.703. The summed E-state index contributed by atoms with van der Waals surface area (Å²) in [5, 5.41) is 12.2. The van der Waals surface area contributed by atoms with Gasteiger partial charge in [0.15, 0.2) is 11.6 Å². The molecule has 1 saturated heterocycles. The highest BCUT2D eigenvalue weighted by Gasteiger charge is 2.34. The van der Waals surface area contributed by atoms with Gasteiger partial charge in [-0.3, -0.25) is 4.79 Å². The van der Waals surface area contributed by atoms with Crippen LogP contribution in [0.4, 0.5) is 14.9 Å². The zero-order valence-corrected chi connectivity index (χ0v) is 19.1. The van der Waals surface area contributed by atoms with Crippen LogP contribution in [-0.2, 0) is 4.74 Å². The minimum Gasteiger partial charge on any atom is -0.492 e. The second-order valence-electron chi connectivity index (χ2n) is 9.53. The zero-order chi connectivity index (χ0) is 24.1. The van der Waals surface area contributed by atoms with Crippen molar-refractivity contribution in [2.75, 3.05) is 25.1 Å². The smallest absolute Gasteiger partial charge is 0.407 e. The topological polar surface area (TPSA) is 110 Å². The summed E-state index contributed by atoms with van der Waals surface area (Å²) in [6.45, 7) is 6.12. The Morgan fingerprint density at radius 2 is 1.94 bits per heavy atom. The van der Waals surface area contributed by atoms with E-state index in [1.807, 2.05) is 0 Å². The van der Waals surface area contributed by atoms with Crippen LogP contribution in [0, 0.1) is 5.82 Å². The van der Waals surface area contributed by atoms with Crippen LogP contribution in [0.15, 0.2) is 17.1 Å². The van der Waals surface area contributed by atoms with Crippen molar-refractivity contribution in [2.24, 2.45) is 0 Å². The van der Waals surface area contributed by atoms with Crippen molar-refractivity contribution in [1.82, 2.24) is 9.88 Å². The third kappa shape index (κ3) is 4.46. The van der Waals surface area contributed by atoms with Crippen LogP contribution in [0.2, 0.25) is 0 Å². The third-order valence-corrected chi connectivity index (χ3v) is 5.80. The lowest BCUT2D eigenvalue weighted by Crippen LogP contribution is -2.40. The number of fused-ring (bicyclic) bond motifs is 1. The molecule has 2 aliphatic rings. The maximum absolute atomic E-state index is 15.4. The highest BCUT2D eigenvalue weighted by Crippen LogP contribution is 2.44. The van der Waals surface area contributed by atoms with Gasteiger partial charge in [0.1, 0.15) is 16.9 Å². The number of carbonyl (C=O) groups is 2. The minimum absolute atomic E-state index is 0.0254. The van der Waals surface area contributed by atoms with Gasteiger partial charge < -0.3 is 29.4 Å². The van der Waals surface area contributed by atoms with Crippen LogP contribution in [0.5, 0.6) is 5.75 Å². The number of ether oxygens (including phenoxy) is 2. The first-order chi connectivity index (χ1) is 15.5. The van der Waals surface area contributed by atoms with Crippen molar-refractivity contribution in [2.45, 2.75) is 57.7 Å². The lowest BCUT2D eigenvalue weighted by Gasteiger charge is -2.25. The summed E-state index contributed by atoms with van der Waals surface area (Å²) < 4.78 is 28.0. The number of carboxylic acids is 1. The number of pyridine rings is 1. The Morgan fingerprint density at radius 3 is 2.52 bits per heavy atom. The molecule has 2 N–H and O–H groups in total. The Hall–Kier alpha value is -3.30. The molecule has 2 heterocycles. The van der Waals surface area contributed by atoms with Gasteiger partial charge in [0, 0.05) is 25.3 Å². The SMILES string of the molecule is COc1c(N2CCC(NC(=O)OC(C)(C)C)C2)c(F)cc2c(=O)c(C(=O)O)cn(C3CC3)c12. The van der Waals surface area contributed by atoms with Crippen LogP contribution in [0.25, 0.3) is 10.9 Å². The van der Waals surface area contributed by atoms with Gasteiger partial charge in [0.05, 0.1) is 24.1 Å². The first-order valence-electron chi connectivity index (χ1n) is 10.9. The van der Waals surface area contributed by atoms with E-state index in [9.17, 15) is 19.5 Å². The molecule has 1 aliphatic carbocycles. The first kappa shape index (κ1) is 22.9. The van der Waals surface area contributed by atoms with Crippen LogP contribution >= 0.6 is 0 Å². The molecule has 0 bridgehead atoms. The van der Waals surface area contributed by atoms with E-state index in [0.717, 1.165) is 18.9 Å². The second-order valence-corrected chi connectivity index (χ2v) is 9.53. The predicted octanol–water partition coefficient (Wildman–Crippen LogP) is 3.29. The van der Waals surface area contributed by atoms with Crippen molar-refractivity contribution < 1.29 is 28.6 Å². The monoisotopic (exact) mass is 461 g/mol.